The van der Waals surface area contributed by atoms with Crippen molar-refractivity contribution in [2.24, 2.45) is 11.3 Å². The first-order valence-electron chi connectivity index (χ1n) is 3.72. The number of hydrogen-bond acceptors (Lipinski definition) is 2. The molecule has 0 saturated carbocycles. The maximum Gasteiger partial charge on any atom is 0.315 e. The van der Waals surface area contributed by atoms with Gasteiger partial charge < -0.3 is 4.74 Å². The van der Waals surface area contributed by atoms with Crippen LogP contribution in [0, 0.1) is 11.3 Å². The van der Waals surface area contributed by atoms with Gasteiger partial charge in [0.1, 0.15) is 6.61 Å². The zero-order chi connectivity index (χ0) is 7.78. The van der Waals surface area contributed by atoms with Crippen molar-refractivity contribution in [3.05, 3.63) is 0 Å². The third-order valence-electron chi connectivity index (χ3n) is 1.87. The van der Waals surface area contributed by atoms with Crippen LogP contribution in [0.25, 0.3) is 0 Å². The van der Waals surface area contributed by atoms with Crippen LogP contribution in [0.4, 0.5) is 0 Å². The van der Waals surface area contributed by atoms with E-state index in [1.54, 1.807) is 0 Å². The van der Waals surface area contributed by atoms with Crippen LogP contribution in [0.1, 0.15) is 27.2 Å². The summed E-state index contributed by atoms with van der Waals surface area (Å²) >= 11 is 0. The first kappa shape index (κ1) is 7.58. The van der Waals surface area contributed by atoms with Gasteiger partial charge in [0.05, 0.1) is 5.41 Å². The first-order valence-corrected chi connectivity index (χ1v) is 3.72. The summed E-state index contributed by atoms with van der Waals surface area (Å²) in [5.41, 5.74) is -0.159. The smallest absolute Gasteiger partial charge is 0.315 e. The number of carbonyl (C=O) groups is 1. The average Bonchev–Trinajstić information content (AvgIpc) is 1.84. The van der Waals surface area contributed by atoms with Gasteiger partial charge in [0.2, 0.25) is 0 Å². The summed E-state index contributed by atoms with van der Waals surface area (Å²) in [6.45, 7) is 6.83. The molecule has 0 amide bonds. The maximum atomic E-state index is 10.9. The molecule has 10 heavy (non-hydrogen) atoms. The van der Waals surface area contributed by atoms with Crippen LogP contribution >= 0.6 is 0 Å². The van der Waals surface area contributed by atoms with E-state index in [2.05, 4.69) is 13.8 Å². The van der Waals surface area contributed by atoms with Crippen LogP contribution in [-0.2, 0) is 9.53 Å². The Hall–Kier alpha value is -0.530. The number of esters is 1. The first-order chi connectivity index (χ1) is 4.54. The molecular weight excluding hydrogens is 128 g/mol. The summed E-state index contributed by atoms with van der Waals surface area (Å²) in [7, 11) is 0. The second-order valence-corrected chi connectivity index (χ2v) is 3.73. The van der Waals surface area contributed by atoms with Crippen LogP contribution in [0.3, 0.4) is 0 Å². The second-order valence-electron chi connectivity index (χ2n) is 3.73. The van der Waals surface area contributed by atoms with Gasteiger partial charge in [-0.1, -0.05) is 13.8 Å². The maximum absolute atomic E-state index is 10.9. The predicted octanol–water partition coefficient (Wildman–Crippen LogP) is 1.60. The lowest BCUT2D eigenvalue weighted by Crippen LogP contribution is -2.46. The quantitative estimate of drug-likeness (QED) is 0.547. The average molecular weight is 142 g/mol. The summed E-state index contributed by atoms with van der Waals surface area (Å²) < 4.78 is 4.71. The topological polar surface area (TPSA) is 26.3 Å². The predicted molar refractivity (Wildman–Crippen MR) is 38.5 cm³/mol. The summed E-state index contributed by atoms with van der Waals surface area (Å²) in [5, 5.41) is 0. The van der Waals surface area contributed by atoms with E-state index in [4.69, 9.17) is 4.74 Å². The van der Waals surface area contributed by atoms with E-state index >= 15 is 0 Å². The third kappa shape index (κ3) is 1.15. The van der Waals surface area contributed by atoms with E-state index in [1.165, 1.54) is 0 Å². The highest BCUT2D eigenvalue weighted by Gasteiger charge is 2.44. The molecular formula is C8H14O2. The number of rotatable bonds is 2. The lowest BCUT2D eigenvalue weighted by molar-refractivity contribution is -0.185. The van der Waals surface area contributed by atoms with Crippen molar-refractivity contribution in [2.75, 3.05) is 6.61 Å². The fourth-order valence-corrected chi connectivity index (χ4v) is 1.42. The molecule has 0 bridgehead atoms. The zero-order valence-electron chi connectivity index (χ0n) is 6.81. The lowest BCUT2D eigenvalue weighted by atomic mass is 9.80. The summed E-state index contributed by atoms with van der Waals surface area (Å²) in [5.74, 6) is 0.555. The van der Waals surface area contributed by atoms with Gasteiger partial charge in [0.15, 0.2) is 0 Å². The van der Waals surface area contributed by atoms with Crippen molar-refractivity contribution in [1.29, 1.82) is 0 Å². The van der Waals surface area contributed by atoms with Crippen molar-refractivity contribution in [1.82, 2.24) is 0 Å². The van der Waals surface area contributed by atoms with Gasteiger partial charge in [0, 0.05) is 0 Å². The normalized spacial score (nSPS) is 31.8. The minimum atomic E-state index is -0.159. The Bertz CT molecular complexity index is 151. The lowest BCUT2D eigenvalue weighted by Gasteiger charge is -2.36. The van der Waals surface area contributed by atoms with Gasteiger partial charge in [-0.3, -0.25) is 4.79 Å². The van der Waals surface area contributed by atoms with Gasteiger partial charge in [-0.05, 0) is 19.3 Å². The minimum Gasteiger partial charge on any atom is -0.464 e. The van der Waals surface area contributed by atoms with Crippen molar-refractivity contribution < 1.29 is 9.53 Å². The third-order valence-corrected chi connectivity index (χ3v) is 1.87. The standard InChI is InChI=1S/C8H14O2/c1-6(2)4-8(3)5-10-7(8)9/h6H,4-5H2,1-3H3. The summed E-state index contributed by atoms with van der Waals surface area (Å²) in [6, 6.07) is 0. The monoisotopic (exact) mass is 142 g/mol. The summed E-state index contributed by atoms with van der Waals surface area (Å²) in [6.07, 6.45) is 0.950. The Kier molecular flexibility index (Phi) is 1.71. The van der Waals surface area contributed by atoms with Crippen LogP contribution in [0.5, 0.6) is 0 Å². The molecule has 0 aromatic heterocycles. The van der Waals surface area contributed by atoms with Gasteiger partial charge in [0.25, 0.3) is 0 Å². The van der Waals surface area contributed by atoms with Gasteiger partial charge >= 0.3 is 5.97 Å². The van der Waals surface area contributed by atoms with E-state index in [-0.39, 0.29) is 11.4 Å². The van der Waals surface area contributed by atoms with E-state index in [1.807, 2.05) is 6.92 Å². The second kappa shape index (κ2) is 2.26. The summed E-state index contributed by atoms with van der Waals surface area (Å²) in [4.78, 5) is 10.9. The van der Waals surface area contributed by atoms with Gasteiger partial charge in [-0.15, -0.1) is 0 Å². The molecule has 1 fully saturated rings. The Morgan fingerprint density at radius 3 is 2.40 bits per heavy atom. The Labute approximate surface area is 61.6 Å². The van der Waals surface area contributed by atoms with Crippen LogP contribution < -0.4 is 0 Å². The largest absolute Gasteiger partial charge is 0.464 e. The molecule has 0 N–H and O–H groups in total. The molecule has 58 valence electrons. The van der Waals surface area contributed by atoms with Gasteiger partial charge in [-0.25, -0.2) is 0 Å². The fraction of sp³-hybridized carbons (Fsp3) is 0.875. The Morgan fingerprint density at radius 2 is 2.30 bits per heavy atom. The molecule has 0 spiro atoms. The highest BCUT2D eigenvalue weighted by molar-refractivity contribution is 5.81. The Balaban J connectivity index is 2.45. The molecule has 0 aliphatic carbocycles. The van der Waals surface area contributed by atoms with Crippen molar-refractivity contribution in [2.45, 2.75) is 27.2 Å². The number of hydrogen-bond donors (Lipinski definition) is 0. The molecule has 0 aromatic rings. The number of carbonyl (C=O) groups excluding carboxylic acids is 1. The van der Waals surface area contributed by atoms with Crippen LogP contribution in [-0.4, -0.2) is 12.6 Å². The zero-order valence-corrected chi connectivity index (χ0v) is 6.81. The highest BCUT2D eigenvalue weighted by atomic mass is 16.6. The Morgan fingerprint density at radius 1 is 1.70 bits per heavy atom. The van der Waals surface area contributed by atoms with Crippen molar-refractivity contribution in [3.8, 4) is 0 Å². The van der Waals surface area contributed by atoms with Crippen LogP contribution in [0.2, 0.25) is 0 Å². The number of ether oxygens (including phenoxy) is 1. The molecule has 1 rings (SSSR count). The van der Waals surface area contributed by atoms with E-state index in [9.17, 15) is 4.79 Å². The SMILES string of the molecule is CC(C)CC1(C)COC1=O. The molecule has 1 aliphatic rings. The molecule has 2 heteroatoms. The molecule has 1 atom stereocenters. The van der Waals surface area contributed by atoms with E-state index in [0.29, 0.717) is 12.5 Å². The van der Waals surface area contributed by atoms with Gasteiger partial charge in [-0.2, -0.15) is 0 Å². The van der Waals surface area contributed by atoms with Crippen molar-refractivity contribution in [3.63, 3.8) is 0 Å². The number of cyclic esters (lactones) is 1. The molecule has 1 heterocycles. The molecule has 0 radical (unpaired) electrons. The van der Waals surface area contributed by atoms with E-state index in [0.717, 1.165) is 6.42 Å². The van der Waals surface area contributed by atoms with Crippen LogP contribution in [0.15, 0.2) is 0 Å². The minimum absolute atomic E-state index is 0.0267. The fourth-order valence-electron chi connectivity index (χ4n) is 1.42. The van der Waals surface area contributed by atoms with E-state index < -0.39 is 0 Å². The molecule has 1 aliphatic heterocycles. The molecule has 1 saturated heterocycles. The molecule has 2 nitrogen and oxygen atoms in total. The van der Waals surface area contributed by atoms with Crippen molar-refractivity contribution >= 4 is 5.97 Å². The molecule has 1 unspecified atom stereocenters. The molecule has 0 aromatic carbocycles. The highest BCUT2D eigenvalue weighted by Crippen LogP contribution is 2.34.